The molecule has 0 amide bonds. The predicted molar refractivity (Wildman–Crippen MR) is 106 cm³/mol. The summed E-state index contributed by atoms with van der Waals surface area (Å²) in [6.07, 6.45) is 7.30. The molecule has 0 unspecified atom stereocenters. The lowest BCUT2D eigenvalue weighted by molar-refractivity contribution is 0.296. The van der Waals surface area contributed by atoms with Crippen molar-refractivity contribution in [2.24, 2.45) is 0 Å². The Labute approximate surface area is 165 Å². The van der Waals surface area contributed by atoms with E-state index in [9.17, 15) is 0 Å². The van der Waals surface area contributed by atoms with Gasteiger partial charge in [-0.25, -0.2) is 4.68 Å². The molecular weight excluding hydrogens is 381 g/mol. The third-order valence-corrected chi connectivity index (χ3v) is 5.04. The van der Waals surface area contributed by atoms with Crippen LogP contribution in [0.25, 0.3) is 0 Å². The number of nitrogens with one attached hydrogen (secondary N) is 1. The first-order valence-corrected chi connectivity index (χ1v) is 9.26. The van der Waals surface area contributed by atoms with Crippen LogP contribution in [0.1, 0.15) is 31.2 Å². The van der Waals surface area contributed by atoms with E-state index in [2.05, 4.69) is 20.5 Å². The summed E-state index contributed by atoms with van der Waals surface area (Å²) in [6.45, 7) is 5.00. The maximum absolute atomic E-state index is 6.04. The molecule has 1 aromatic carbocycles. The molecule has 138 valence electrons. The lowest BCUT2D eigenvalue weighted by Crippen LogP contribution is -2.30. The molecular formula is C17H24Cl3N5. The Kier molecular flexibility index (Phi) is 8.30. The fraction of sp³-hybridized carbons (Fsp3) is 0.529. The molecule has 0 atom stereocenters. The van der Waals surface area contributed by atoms with Crippen LogP contribution in [0.4, 0.5) is 5.82 Å². The molecule has 0 bridgehead atoms. The molecule has 1 N–H and O–H groups in total. The largest absolute Gasteiger partial charge is 0.366 e. The highest BCUT2D eigenvalue weighted by Crippen LogP contribution is 2.23. The zero-order chi connectivity index (χ0) is 16.8. The van der Waals surface area contributed by atoms with Gasteiger partial charge in [-0.3, -0.25) is 0 Å². The number of hydrogen-bond acceptors (Lipinski definition) is 4. The van der Waals surface area contributed by atoms with Crippen LogP contribution in [0.5, 0.6) is 0 Å². The third-order valence-electron chi connectivity index (χ3n) is 4.30. The number of halogens is 3. The summed E-state index contributed by atoms with van der Waals surface area (Å²) in [5, 5.41) is 12.8. The molecule has 5 nitrogen and oxygen atoms in total. The molecule has 2 heterocycles. The van der Waals surface area contributed by atoms with Gasteiger partial charge in [-0.1, -0.05) is 47.3 Å². The average Bonchev–Trinajstić information content (AvgIpc) is 2.84. The van der Waals surface area contributed by atoms with Gasteiger partial charge < -0.3 is 10.2 Å². The first kappa shape index (κ1) is 20.3. The summed E-state index contributed by atoms with van der Waals surface area (Å²) in [7, 11) is 0. The van der Waals surface area contributed by atoms with Crippen LogP contribution in [0.2, 0.25) is 10.0 Å². The van der Waals surface area contributed by atoms with E-state index < -0.39 is 0 Å². The van der Waals surface area contributed by atoms with Gasteiger partial charge in [0.25, 0.3) is 0 Å². The van der Waals surface area contributed by atoms with Crippen LogP contribution in [-0.2, 0) is 6.54 Å². The van der Waals surface area contributed by atoms with Crippen molar-refractivity contribution in [3.8, 4) is 0 Å². The minimum Gasteiger partial charge on any atom is -0.366 e. The molecule has 1 saturated heterocycles. The molecule has 1 aromatic heterocycles. The summed E-state index contributed by atoms with van der Waals surface area (Å²) in [5.41, 5.74) is 1.05. The van der Waals surface area contributed by atoms with E-state index in [-0.39, 0.29) is 12.4 Å². The van der Waals surface area contributed by atoms with Crippen molar-refractivity contribution in [3.63, 3.8) is 0 Å². The summed E-state index contributed by atoms with van der Waals surface area (Å²) in [6, 6.07) is 5.61. The van der Waals surface area contributed by atoms with Gasteiger partial charge in [0, 0.05) is 13.1 Å². The fourth-order valence-corrected chi connectivity index (χ4v) is 3.30. The Morgan fingerprint density at radius 1 is 1.04 bits per heavy atom. The van der Waals surface area contributed by atoms with Gasteiger partial charge in [0.15, 0.2) is 5.82 Å². The Morgan fingerprint density at radius 3 is 2.52 bits per heavy atom. The monoisotopic (exact) mass is 403 g/mol. The Morgan fingerprint density at radius 2 is 1.80 bits per heavy atom. The Bertz CT molecular complexity index is 653. The van der Waals surface area contributed by atoms with Crippen molar-refractivity contribution < 1.29 is 0 Å². The fourth-order valence-electron chi connectivity index (χ4n) is 2.98. The molecule has 0 aliphatic carbocycles. The van der Waals surface area contributed by atoms with Crippen molar-refractivity contribution in [2.45, 2.75) is 32.2 Å². The van der Waals surface area contributed by atoms with Crippen molar-refractivity contribution >= 4 is 41.4 Å². The van der Waals surface area contributed by atoms with Crippen LogP contribution >= 0.6 is 35.6 Å². The van der Waals surface area contributed by atoms with Gasteiger partial charge in [-0.15, -0.1) is 17.5 Å². The maximum Gasteiger partial charge on any atom is 0.168 e. The molecule has 0 saturated carbocycles. The van der Waals surface area contributed by atoms with E-state index >= 15 is 0 Å². The van der Waals surface area contributed by atoms with Crippen molar-refractivity contribution in [1.82, 2.24) is 19.9 Å². The van der Waals surface area contributed by atoms with Gasteiger partial charge in [0.2, 0.25) is 0 Å². The van der Waals surface area contributed by atoms with E-state index in [4.69, 9.17) is 23.2 Å². The van der Waals surface area contributed by atoms with Crippen molar-refractivity contribution in [3.05, 3.63) is 40.0 Å². The van der Waals surface area contributed by atoms with Gasteiger partial charge in [0.1, 0.15) is 0 Å². The minimum absolute atomic E-state index is 0. The second kappa shape index (κ2) is 10.2. The number of benzene rings is 1. The standard InChI is InChI=1S/C17H23Cl2N5.ClH/c18-15-6-5-14(11-16(15)19)12-24-13-17(21-22-24)20-7-10-23-8-3-1-2-4-9-23;/h5-6,11,13,20H,1-4,7-10,12H2;1H. The number of rotatable bonds is 6. The minimum atomic E-state index is 0. The van der Waals surface area contributed by atoms with Crippen LogP contribution < -0.4 is 5.32 Å². The lowest BCUT2D eigenvalue weighted by atomic mass is 10.2. The summed E-state index contributed by atoms with van der Waals surface area (Å²) in [4.78, 5) is 2.53. The Hall–Kier alpha value is -1.01. The van der Waals surface area contributed by atoms with Crippen LogP contribution in [0.3, 0.4) is 0 Å². The number of hydrogen-bond donors (Lipinski definition) is 1. The number of anilines is 1. The molecule has 8 heteroatoms. The number of nitrogens with zero attached hydrogens (tertiary/aromatic N) is 4. The molecule has 1 fully saturated rings. The molecule has 0 radical (unpaired) electrons. The normalized spacial score (nSPS) is 15.4. The van der Waals surface area contributed by atoms with E-state index in [1.807, 2.05) is 18.3 Å². The summed E-state index contributed by atoms with van der Waals surface area (Å²) in [5.74, 6) is 0.810. The number of aromatic nitrogens is 3. The first-order chi connectivity index (χ1) is 11.7. The highest BCUT2D eigenvalue weighted by molar-refractivity contribution is 6.42. The lowest BCUT2D eigenvalue weighted by Gasteiger charge is -2.19. The smallest absolute Gasteiger partial charge is 0.168 e. The highest BCUT2D eigenvalue weighted by Gasteiger charge is 2.09. The topological polar surface area (TPSA) is 46.0 Å². The molecule has 2 aromatic rings. The highest BCUT2D eigenvalue weighted by atomic mass is 35.5. The zero-order valence-corrected chi connectivity index (χ0v) is 16.5. The van der Waals surface area contributed by atoms with Gasteiger partial charge in [-0.05, 0) is 43.6 Å². The van der Waals surface area contributed by atoms with Crippen molar-refractivity contribution in [1.29, 1.82) is 0 Å². The summed E-state index contributed by atoms with van der Waals surface area (Å²) >= 11 is 12.0. The van der Waals surface area contributed by atoms with Gasteiger partial charge >= 0.3 is 0 Å². The Balaban J connectivity index is 0.00000225. The van der Waals surface area contributed by atoms with Gasteiger partial charge in [-0.2, -0.15) is 0 Å². The maximum atomic E-state index is 6.04. The molecule has 0 spiro atoms. The SMILES string of the molecule is Cl.Clc1ccc(Cn2cc(NCCN3CCCCCC3)nn2)cc1Cl. The third kappa shape index (κ3) is 6.33. The average molecular weight is 405 g/mol. The van der Waals surface area contributed by atoms with E-state index in [0.717, 1.165) is 24.5 Å². The van der Waals surface area contributed by atoms with Crippen LogP contribution in [0, 0.1) is 0 Å². The molecule has 1 aliphatic rings. The zero-order valence-electron chi connectivity index (χ0n) is 14.1. The molecule has 25 heavy (non-hydrogen) atoms. The summed E-state index contributed by atoms with van der Waals surface area (Å²) < 4.78 is 1.80. The van der Waals surface area contributed by atoms with Gasteiger partial charge in [0.05, 0.1) is 22.8 Å². The second-order valence-corrected chi connectivity index (χ2v) is 7.05. The predicted octanol–water partition coefficient (Wildman–Crippen LogP) is 4.34. The van der Waals surface area contributed by atoms with Crippen LogP contribution in [-0.4, -0.2) is 46.1 Å². The molecule has 3 rings (SSSR count). The van der Waals surface area contributed by atoms with Crippen molar-refractivity contribution in [2.75, 3.05) is 31.5 Å². The van der Waals surface area contributed by atoms with E-state index in [1.165, 1.54) is 38.8 Å². The second-order valence-electron chi connectivity index (χ2n) is 6.23. The molecule has 1 aliphatic heterocycles. The number of likely N-dealkylation sites (tertiary alicyclic amines) is 1. The first-order valence-electron chi connectivity index (χ1n) is 8.51. The van der Waals surface area contributed by atoms with E-state index in [1.54, 1.807) is 10.7 Å². The van der Waals surface area contributed by atoms with Crippen LogP contribution in [0.15, 0.2) is 24.4 Å². The quantitative estimate of drug-likeness (QED) is 0.778. The van der Waals surface area contributed by atoms with E-state index in [0.29, 0.717) is 16.6 Å².